The first-order chi connectivity index (χ1) is 9.06. The molecule has 19 heavy (non-hydrogen) atoms. The molecule has 4 heteroatoms. The quantitative estimate of drug-likeness (QED) is 0.567. The second kappa shape index (κ2) is 6.39. The molecule has 0 bridgehead atoms. The molecule has 2 aromatic carbocycles. The fourth-order valence-electron chi connectivity index (χ4n) is 1.65. The molecule has 0 aliphatic heterocycles. The lowest BCUT2D eigenvalue weighted by atomic mass is 10.1. The van der Waals surface area contributed by atoms with Crippen LogP contribution < -0.4 is 4.74 Å². The summed E-state index contributed by atoms with van der Waals surface area (Å²) in [7, 11) is 0. The first-order valence-electron chi connectivity index (χ1n) is 5.78. The van der Waals surface area contributed by atoms with Crippen LogP contribution in [0.1, 0.15) is 17.3 Å². The third-order valence-electron chi connectivity index (χ3n) is 2.61. The van der Waals surface area contributed by atoms with Crippen LogP contribution in [0.5, 0.6) is 5.75 Å². The van der Waals surface area contributed by atoms with Crippen LogP contribution in [0.4, 0.5) is 0 Å². The fourth-order valence-corrected chi connectivity index (χ4v) is 2.29. The maximum atomic E-state index is 12.2. The molecule has 0 heterocycles. The number of hydrogen-bond acceptors (Lipinski definition) is 2. The minimum atomic E-state index is -0.528. The number of rotatable bonds is 4. The Labute approximate surface area is 130 Å². The Bertz CT molecular complexity index is 581. The second-order valence-electron chi connectivity index (χ2n) is 4.09. The number of carbonyl (C=O) groups is 1. The van der Waals surface area contributed by atoms with E-state index in [4.69, 9.17) is 16.3 Å². The zero-order valence-corrected chi connectivity index (χ0v) is 13.2. The molecule has 0 saturated carbocycles. The summed E-state index contributed by atoms with van der Waals surface area (Å²) in [5, 5.41) is 0.614. The standard InChI is InChI=1S/C15H12ClIO2/c1-10(19-14-4-2-3-13(17)9-14)15(18)11-5-7-12(16)8-6-11/h2-10H,1H3. The zero-order valence-electron chi connectivity index (χ0n) is 10.3. The first kappa shape index (κ1) is 14.3. The van der Waals surface area contributed by atoms with Crippen LogP contribution >= 0.6 is 34.2 Å². The van der Waals surface area contributed by atoms with Crippen molar-refractivity contribution < 1.29 is 9.53 Å². The lowest BCUT2D eigenvalue weighted by Gasteiger charge is -2.14. The van der Waals surface area contributed by atoms with Crippen molar-refractivity contribution in [3.8, 4) is 5.75 Å². The van der Waals surface area contributed by atoms with E-state index < -0.39 is 6.10 Å². The molecule has 0 saturated heterocycles. The van der Waals surface area contributed by atoms with Crippen LogP contribution in [0.3, 0.4) is 0 Å². The van der Waals surface area contributed by atoms with Crippen LogP contribution in [-0.2, 0) is 0 Å². The van der Waals surface area contributed by atoms with Gasteiger partial charge in [0.2, 0.25) is 5.78 Å². The van der Waals surface area contributed by atoms with Gasteiger partial charge in [0.05, 0.1) is 0 Å². The van der Waals surface area contributed by atoms with Crippen molar-refractivity contribution in [3.63, 3.8) is 0 Å². The molecule has 0 spiro atoms. The van der Waals surface area contributed by atoms with Crippen molar-refractivity contribution in [1.29, 1.82) is 0 Å². The van der Waals surface area contributed by atoms with Crippen LogP contribution in [0.15, 0.2) is 48.5 Å². The predicted molar refractivity (Wildman–Crippen MR) is 85.0 cm³/mol. The highest BCUT2D eigenvalue weighted by Gasteiger charge is 2.16. The first-order valence-corrected chi connectivity index (χ1v) is 7.24. The van der Waals surface area contributed by atoms with Gasteiger partial charge in [0.15, 0.2) is 6.10 Å². The Kier molecular flexibility index (Phi) is 4.82. The van der Waals surface area contributed by atoms with E-state index in [0.29, 0.717) is 16.3 Å². The number of carbonyl (C=O) groups excluding carboxylic acids is 1. The van der Waals surface area contributed by atoms with Crippen molar-refractivity contribution in [3.05, 3.63) is 62.7 Å². The number of hydrogen-bond donors (Lipinski definition) is 0. The molecule has 0 N–H and O–H groups in total. The van der Waals surface area contributed by atoms with Crippen molar-refractivity contribution >= 4 is 40.0 Å². The predicted octanol–water partition coefficient (Wildman–Crippen LogP) is 4.59. The maximum absolute atomic E-state index is 12.2. The molecule has 98 valence electrons. The Hall–Kier alpha value is -1.07. The summed E-state index contributed by atoms with van der Waals surface area (Å²) in [5.74, 6) is 0.636. The van der Waals surface area contributed by atoms with E-state index in [9.17, 15) is 4.79 Å². The van der Waals surface area contributed by atoms with E-state index >= 15 is 0 Å². The van der Waals surface area contributed by atoms with Crippen LogP contribution in [-0.4, -0.2) is 11.9 Å². The fraction of sp³-hybridized carbons (Fsp3) is 0.133. The monoisotopic (exact) mass is 386 g/mol. The van der Waals surface area contributed by atoms with E-state index in [2.05, 4.69) is 22.6 Å². The van der Waals surface area contributed by atoms with Crippen molar-refractivity contribution in [2.45, 2.75) is 13.0 Å². The summed E-state index contributed by atoms with van der Waals surface area (Å²) >= 11 is 8.00. The molecule has 1 atom stereocenters. The maximum Gasteiger partial charge on any atom is 0.202 e. The molecule has 1 unspecified atom stereocenters. The molecule has 2 nitrogen and oxygen atoms in total. The van der Waals surface area contributed by atoms with E-state index in [1.54, 1.807) is 31.2 Å². The highest BCUT2D eigenvalue weighted by molar-refractivity contribution is 14.1. The highest BCUT2D eigenvalue weighted by Crippen LogP contribution is 2.18. The molecule has 2 rings (SSSR count). The van der Waals surface area contributed by atoms with Gasteiger partial charge in [-0.05, 0) is 72.0 Å². The van der Waals surface area contributed by atoms with Crippen LogP contribution in [0.25, 0.3) is 0 Å². The van der Waals surface area contributed by atoms with Gasteiger partial charge in [0.1, 0.15) is 5.75 Å². The third-order valence-corrected chi connectivity index (χ3v) is 3.53. The molecule has 0 aliphatic carbocycles. The van der Waals surface area contributed by atoms with Crippen LogP contribution in [0.2, 0.25) is 5.02 Å². The van der Waals surface area contributed by atoms with Gasteiger partial charge in [-0.25, -0.2) is 0 Å². The average Bonchev–Trinajstić information content (AvgIpc) is 2.39. The number of halogens is 2. The lowest BCUT2D eigenvalue weighted by molar-refractivity contribution is 0.0818. The minimum absolute atomic E-state index is 0.0597. The molecule has 0 fully saturated rings. The number of ether oxygens (including phenoxy) is 1. The molecule has 0 radical (unpaired) electrons. The van der Waals surface area contributed by atoms with E-state index in [1.807, 2.05) is 24.3 Å². The number of Topliss-reactive ketones (excluding diaryl/α,β-unsaturated/α-hetero) is 1. The van der Waals surface area contributed by atoms with Gasteiger partial charge in [-0.3, -0.25) is 4.79 Å². The van der Waals surface area contributed by atoms with E-state index in [-0.39, 0.29) is 5.78 Å². The molecule has 2 aromatic rings. The highest BCUT2D eigenvalue weighted by atomic mass is 127. The lowest BCUT2D eigenvalue weighted by Crippen LogP contribution is -2.23. The van der Waals surface area contributed by atoms with Crippen molar-refractivity contribution in [2.24, 2.45) is 0 Å². The Morgan fingerprint density at radius 2 is 1.89 bits per heavy atom. The topological polar surface area (TPSA) is 26.3 Å². The van der Waals surface area contributed by atoms with Gasteiger partial charge in [-0.15, -0.1) is 0 Å². The van der Waals surface area contributed by atoms with Crippen molar-refractivity contribution in [2.75, 3.05) is 0 Å². The Morgan fingerprint density at radius 1 is 1.21 bits per heavy atom. The average molecular weight is 387 g/mol. The van der Waals surface area contributed by atoms with Gasteiger partial charge < -0.3 is 4.74 Å². The van der Waals surface area contributed by atoms with Gasteiger partial charge in [0, 0.05) is 14.2 Å². The van der Waals surface area contributed by atoms with Crippen LogP contribution in [0, 0.1) is 3.57 Å². The van der Waals surface area contributed by atoms with Crippen molar-refractivity contribution in [1.82, 2.24) is 0 Å². The normalized spacial score (nSPS) is 11.9. The summed E-state index contributed by atoms with van der Waals surface area (Å²) < 4.78 is 6.72. The van der Waals surface area contributed by atoms with E-state index in [1.165, 1.54) is 0 Å². The second-order valence-corrected chi connectivity index (χ2v) is 5.77. The molecule has 0 aromatic heterocycles. The third kappa shape index (κ3) is 3.94. The SMILES string of the molecule is CC(Oc1cccc(I)c1)C(=O)c1ccc(Cl)cc1. The van der Waals surface area contributed by atoms with Gasteiger partial charge in [-0.1, -0.05) is 17.7 Å². The summed E-state index contributed by atoms with van der Waals surface area (Å²) in [4.78, 5) is 12.2. The van der Waals surface area contributed by atoms with Gasteiger partial charge >= 0.3 is 0 Å². The smallest absolute Gasteiger partial charge is 0.202 e. The molecular weight excluding hydrogens is 375 g/mol. The largest absolute Gasteiger partial charge is 0.483 e. The summed E-state index contributed by atoms with van der Waals surface area (Å²) in [6, 6.07) is 14.4. The zero-order chi connectivity index (χ0) is 13.8. The molecule has 0 amide bonds. The molecule has 0 aliphatic rings. The van der Waals surface area contributed by atoms with E-state index in [0.717, 1.165) is 3.57 Å². The van der Waals surface area contributed by atoms with Gasteiger partial charge in [-0.2, -0.15) is 0 Å². The minimum Gasteiger partial charge on any atom is -0.483 e. The van der Waals surface area contributed by atoms with Gasteiger partial charge in [0.25, 0.3) is 0 Å². The Balaban J connectivity index is 2.09. The molecular formula is C15H12ClIO2. The summed E-state index contributed by atoms with van der Waals surface area (Å²) in [6.45, 7) is 1.75. The number of benzene rings is 2. The Morgan fingerprint density at radius 3 is 2.53 bits per heavy atom. The number of ketones is 1. The summed E-state index contributed by atoms with van der Waals surface area (Å²) in [5.41, 5.74) is 0.600. The summed E-state index contributed by atoms with van der Waals surface area (Å²) in [6.07, 6.45) is -0.528.